The van der Waals surface area contributed by atoms with Crippen LogP contribution in [-0.2, 0) is 19.1 Å². The van der Waals surface area contributed by atoms with Crippen molar-refractivity contribution in [3.63, 3.8) is 0 Å². The van der Waals surface area contributed by atoms with Gasteiger partial charge in [0.2, 0.25) is 6.29 Å². The van der Waals surface area contributed by atoms with Crippen molar-refractivity contribution in [1.29, 1.82) is 0 Å². The summed E-state index contributed by atoms with van der Waals surface area (Å²) >= 11 is 0. The molecule has 0 aromatic heterocycles. The molecule has 1 aliphatic heterocycles. The molecule has 1 rings (SSSR count). The van der Waals surface area contributed by atoms with E-state index in [1.165, 1.54) is 0 Å². The van der Waals surface area contributed by atoms with Crippen molar-refractivity contribution in [2.75, 3.05) is 6.61 Å². The fraction of sp³-hybridized carbons (Fsp3) is 0.867. The number of aliphatic carboxylic acids is 1. The van der Waals surface area contributed by atoms with E-state index in [0.717, 1.165) is 0 Å². The van der Waals surface area contributed by atoms with Gasteiger partial charge in [0.25, 0.3) is 0 Å². The molecule has 1 saturated heterocycles. The first-order valence-corrected chi connectivity index (χ1v) is 7.88. The average molecular weight is 365 g/mol. The number of carboxylic acids is 1. The summed E-state index contributed by atoms with van der Waals surface area (Å²) in [4.78, 5) is 23.3. The molecule has 7 N–H and O–H groups in total. The van der Waals surface area contributed by atoms with E-state index in [1.807, 2.05) is 0 Å². The number of ether oxygens (including phenoxy) is 2. The molecule has 1 heterocycles. The molecule has 0 aliphatic carbocycles. The molecular formula is C15H27NO9. The van der Waals surface area contributed by atoms with E-state index in [-0.39, 0.29) is 6.42 Å². The Labute approximate surface area is 145 Å². The standard InChI is InChI=1S/C15H27NO9/c1-15(2,3)6(4-8(18)19)9(16)13(23)25-14-12(22)11(21)10(20)7(5-17)24-14/h6-7,9-12,14,17,20-22H,4-5,16H2,1-3H3,(H,18,19)/t6?,7-,9+,10-,11+,12-,14?/m1/s1. The van der Waals surface area contributed by atoms with Gasteiger partial charge >= 0.3 is 11.9 Å². The van der Waals surface area contributed by atoms with Crippen molar-refractivity contribution < 1.29 is 44.6 Å². The number of aliphatic hydroxyl groups excluding tert-OH is 4. The van der Waals surface area contributed by atoms with Gasteiger partial charge in [-0.05, 0) is 11.3 Å². The van der Waals surface area contributed by atoms with Crippen molar-refractivity contribution in [3.05, 3.63) is 0 Å². The van der Waals surface area contributed by atoms with Gasteiger partial charge in [0.05, 0.1) is 13.0 Å². The minimum atomic E-state index is -1.75. The van der Waals surface area contributed by atoms with Gasteiger partial charge in [-0.25, -0.2) is 0 Å². The van der Waals surface area contributed by atoms with Crippen LogP contribution in [-0.4, -0.2) is 80.8 Å². The molecule has 10 nitrogen and oxygen atoms in total. The Morgan fingerprint density at radius 1 is 1.16 bits per heavy atom. The first-order valence-electron chi connectivity index (χ1n) is 7.88. The zero-order chi connectivity index (χ0) is 19.5. The smallest absolute Gasteiger partial charge is 0.325 e. The average Bonchev–Trinajstić information content (AvgIpc) is 2.51. The second kappa shape index (κ2) is 8.39. The number of rotatable bonds is 6. The Kier molecular flexibility index (Phi) is 7.29. The van der Waals surface area contributed by atoms with Crippen LogP contribution in [0.5, 0.6) is 0 Å². The fourth-order valence-electron chi connectivity index (χ4n) is 2.68. The minimum Gasteiger partial charge on any atom is -0.481 e. The van der Waals surface area contributed by atoms with Gasteiger partial charge in [-0.3, -0.25) is 9.59 Å². The van der Waals surface area contributed by atoms with Crippen molar-refractivity contribution in [3.8, 4) is 0 Å². The normalized spacial score (nSPS) is 32.7. The Hall–Kier alpha value is -1.30. The number of carbonyl (C=O) groups excluding carboxylic acids is 1. The monoisotopic (exact) mass is 365 g/mol. The molecule has 0 aromatic carbocycles. The highest BCUT2D eigenvalue weighted by molar-refractivity contribution is 5.77. The van der Waals surface area contributed by atoms with Gasteiger partial charge in [-0.1, -0.05) is 20.8 Å². The molecule has 1 aliphatic rings. The van der Waals surface area contributed by atoms with Crippen molar-refractivity contribution in [2.24, 2.45) is 17.1 Å². The van der Waals surface area contributed by atoms with Crippen LogP contribution in [0.25, 0.3) is 0 Å². The Balaban J connectivity index is 2.86. The van der Waals surface area contributed by atoms with Crippen LogP contribution in [0.3, 0.4) is 0 Å². The van der Waals surface area contributed by atoms with Crippen molar-refractivity contribution in [1.82, 2.24) is 0 Å². The highest BCUT2D eigenvalue weighted by atomic mass is 16.7. The molecule has 10 heteroatoms. The number of nitrogens with two attached hydrogens (primary N) is 1. The molecule has 146 valence electrons. The van der Waals surface area contributed by atoms with Crippen molar-refractivity contribution >= 4 is 11.9 Å². The lowest BCUT2D eigenvalue weighted by atomic mass is 9.74. The summed E-state index contributed by atoms with van der Waals surface area (Å²) in [6.45, 7) is 4.50. The molecule has 1 fully saturated rings. The minimum absolute atomic E-state index is 0.367. The molecule has 25 heavy (non-hydrogen) atoms. The van der Waals surface area contributed by atoms with Gasteiger partial charge in [-0.2, -0.15) is 0 Å². The van der Waals surface area contributed by atoms with Crippen molar-refractivity contribution in [2.45, 2.75) is 63.9 Å². The van der Waals surface area contributed by atoms with Crippen LogP contribution in [0.4, 0.5) is 0 Å². The second-order valence-corrected chi connectivity index (χ2v) is 7.23. The van der Waals surface area contributed by atoms with E-state index >= 15 is 0 Å². The molecular weight excluding hydrogens is 338 g/mol. The SMILES string of the molecule is CC(C)(C)C(CC(=O)O)[C@H](N)C(=O)OC1O[C@H](CO)[C@@H](O)[C@H](O)[C@H]1O. The second-order valence-electron chi connectivity index (χ2n) is 7.23. The third kappa shape index (κ3) is 5.33. The van der Waals surface area contributed by atoms with E-state index < -0.39 is 66.6 Å². The number of hydrogen-bond acceptors (Lipinski definition) is 9. The summed E-state index contributed by atoms with van der Waals surface area (Å²) < 4.78 is 10.0. The Morgan fingerprint density at radius 3 is 2.16 bits per heavy atom. The lowest BCUT2D eigenvalue weighted by Gasteiger charge is -2.40. The quantitative estimate of drug-likeness (QED) is 0.283. The lowest BCUT2D eigenvalue weighted by molar-refractivity contribution is -0.293. The third-order valence-electron chi connectivity index (χ3n) is 4.29. The number of hydrogen-bond donors (Lipinski definition) is 6. The van der Waals surface area contributed by atoms with E-state index in [9.17, 15) is 24.9 Å². The molecule has 0 spiro atoms. The number of carbonyl (C=O) groups is 2. The van der Waals surface area contributed by atoms with Gasteiger partial charge in [0, 0.05) is 0 Å². The third-order valence-corrected chi connectivity index (χ3v) is 4.29. The molecule has 0 radical (unpaired) electrons. The van der Waals surface area contributed by atoms with Gasteiger partial charge < -0.3 is 40.7 Å². The summed E-state index contributed by atoms with van der Waals surface area (Å²) in [5.41, 5.74) is 5.23. The zero-order valence-corrected chi connectivity index (χ0v) is 14.4. The van der Waals surface area contributed by atoms with Crippen LogP contribution >= 0.6 is 0 Å². The molecule has 2 unspecified atom stereocenters. The summed E-state index contributed by atoms with van der Waals surface area (Å²) in [5.74, 6) is -2.91. The van der Waals surface area contributed by atoms with E-state index in [2.05, 4.69) is 0 Å². The Morgan fingerprint density at radius 2 is 1.72 bits per heavy atom. The first-order chi connectivity index (χ1) is 11.4. The summed E-state index contributed by atoms with van der Waals surface area (Å²) in [5, 5.41) is 47.4. The number of aliphatic hydroxyl groups is 4. The largest absolute Gasteiger partial charge is 0.481 e. The predicted molar refractivity (Wildman–Crippen MR) is 83.0 cm³/mol. The van der Waals surface area contributed by atoms with E-state index in [1.54, 1.807) is 20.8 Å². The number of esters is 1. The van der Waals surface area contributed by atoms with Gasteiger partial charge in [0.1, 0.15) is 30.5 Å². The fourth-order valence-corrected chi connectivity index (χ4v) is 2.68. The highest BCUT2D eigenvalue weighted by Crippen LogP contribution is 2.32. The van der Waals surface area contributed by atoms with Crippen LogP contribution in [0, 0.1) is 11.3 Å². The first kappa shape index (κ1) is 21.7. The number of carboxylic acid groups (broad SMARTS) is 1. The lowest BCUT2D eigenvalue weighted by Crippen LogP contribution is -2.60. The molecule has 0 amide bonds. The maximum absolute atomic E-state index is 12.3. The topological polar surface area (TPSA) is 180 Å². The predicted octanol–water partition coefficient (Wildman–Crippen LogP) is -2.21. The molecule has 7 atom stereocenters. The van der Waals surface area contributed by atoms with Gasteiger partial charge in [-0.15, -0.1) is 0 Å². The maximum atomic E-state index is 12.3. The van der Waals surface area contributed by atoms with Crippen LogP contribution < -0.4 is 5.73 Å². The van der Waals surface area contributed by atoms with Gasteiger partial charge in [0.15, 0.2) is 0 Å². The summed E-state index contributed by atoms with van der Waals surface area (Å²) in [7, 11) is 0. The highest BCUT2D eigenvalue weighted by Gasteiger charge is 2.46. The summed E-state index contributed by atoms with van der Waals surface area (Å²) in [6.07, 6.45) is -8.28. The molecule has 0 bridgehead atoms. The van der Waals surface area contributed by atoms with Crippen LogP contribution in [0.1, 0.15) is 27.2 Å². The van der Waals surface area contributed by atoms with Crippen LogP contribution in [0.15, 0.2) is 0 Å². The maximum Gasteiger partial charge on any atom is 0.325 e. The van der Waals surface area contributed by atoms with E-state index in [0.29, 0.717) is 0 Å². The molecule has 0 saturated carbocycles. The molecule has 0 aromatic rings. The van der Waals surface area contributed by atoms with E-state index in [4.69, 9.17) is 25.4 Å². The summed E-state index contributed by atoms with van der Waals surface area (Å²) in [6, 6.07) is -1.32. The Bertz CT molecular complexity index is 476. The zero-order valence-electron chi connectivity index (χ0n) is 14.4. The van der Waals surface area contributed by atoms with Crippen LogP contribution in [0.2, 0.25) is 0 Å².